The molecule has 5 nitrogen and oxygen atoms in total. The molecule has 1 fully saturated rings. The van der Waals surface area contributed by atoms with Gasteiger partial charge in [-0.05, 0) is 53.5 Å². The fourth-order valence-electron chi connectivity index (χ4n) is 5.60. The van der Waals surface area contributed by atoms with E-state index in [1.54, 1.807) is 24.3 Å². The molecule has 3 aromatic rings. The fourth-order valence-corrected chi connectivity index (χ4v) is 6.80. The Morgan fingerprint density at radius 1 is 1.02 bits per heavy atom. The van der Waals surface area contributed by atoms with Gasteiger partial charge in [0.1, 0.15) is 5.82 Å². The van der Waals surface area contributed by atoms with Crippen LogP contribution in [0.3, 0.4) is 0 Å². The lowest BCUT2D eigenvalue weighted by atomic mass is 9.79. The molecule has 0 aromatic heterocycles. The number of fused-ring (bicyclic) bond motifs is 3. The summed E-state index contributed by atoms with van der Waals surface area (Å²) in [4.78, 5) is 29.5. The molecule has 3 aromatic carbocycles. The number of anilines is 1. The molecule has 202 valence electrons. The van der Waals surface area contributed by atoms with E-state index in [1.807, 2.05) is 60.6 Å². The van der Waals surface area contributed by atoms with Gasteiger partial charge in [0.05, 0.1) is 22.5 Å². The standard InChI is InChI=1S/C32H27ClFN3O2S/c33-29-16-23(36-32(39)28-15-22(34)9-11-25(28)20-5-2-1-3-6-20)10-12-26(29)31(38)27-8-4-7-21-17-35-18-24-19-40-14-13-37(24)30(21)27/h1-7,9-12,15-18,27,30,35H,8,13-14,19H2,(H,36,39). The minimum Gasteiger partial charge on any atom is -0.366 e. The Hall–Kier alpha value is -3.81. The summed E-state index contributed by atoms with van der Waals surface area (Å²) in [7, 11) is 0. The number of rotatable bonds is 5. The van der Waals surface area contributed by atoms with Crippen LogP contribution in [-0.4, -0.2) is 40.7 Å². The molecule has 1 aliphatic carbocycles. The van der Waals surface area contributed by atoms with Gasteiger partial charge < -0.3 is 15.5 Å². The van der Waals surface area contributed by atoms with Crippen LogP contribution in [0.25, 0.3) is 11.1 Å². The van der Waals surface area contributed by atoms with Crippen LogP contribution < -0.4 is 10.6 Å². The molecule has 2 unspecified atom stereocenters. The van der Waals surface area contributed by atoms with E-state index in [-0.39, 0.29) is 28.3 Å². The first-order valence-electron chi connectivity index (χ1n) is 13.2. The number of amides is 1. The highest BCUT2D eigenvalue weighted by molar-refractivity contribution is 7.99. The third-order valence-corrected chi connectivity index (χ3v) is 8.78. The molecular weight excluding hydrogens is 545 g/mol. The number of carbonyl (C=O) groups is 2. The molecule has 2 atom stereocenters. The summed E-state index contributed by atoms with van der Waals surface area (Å²) >= 11 is 8.55. The molecular formula is C32H27ClFN3O2S. The van der Waals surface area contributed by atoms with Gasteiger partial charge in [-0.15, -0.1) is 0 Å². The van der Waals surface area contributed by atoms with E-state index in [0.29, 0.717) is 23.2 Å². The maximum absolute atomic E-state index is 14.1. The van der Waals surface area contributed by atoms with E-state index in [1.165, 1.54) is 17.8 Å². The van der Waals surface area contributed by atoms with Crippen LogP contribution in [0.5, 0.6) is 0 Å². The average molecular weight is 572 g/mol. The van der Waals surface area contributed by atoms with Crippen LogP contribution in [0, 0.1) is 11.7 Å². The van der Waals surface area contributed by atoms with E-state index in [2.05, 4.69) is 21.6 Å². The minimum absolute atomic E-state index is 0.0286. The Morgan fingerprint density at radius 3 is 2.70 bits per heavy atom. The normalized spacial score (nSPS) is 19.8. The number of benzene rings is 3. The number of nitrogens with zero attached hydrogens (tertiary/aromatic N) is 1. The number of thioether (sulfide) groups is 1. The van der Waals surface area contributed by atoms with Crippen molar-refractivity contribution < 1.29 is 14.0 Å². The van der Waals surface area contributed by atoms with Gasteiger partial charge in [-0.25, -0.2) is 4.39 Å². The lowest BCUT2D eigenvalue weighted by Gasteiger charge is -2.42. The number of allylic oxidation sites excluding steroid dienone is 1. The Kier molecular flexibility index (Phi) is 7.50. The number of Topliss-reactive ketones (excluding diaryl/α,β-unsaturated/α-hetero) is 1. The van der Waals surface area contributed by atoms with E-state index < -0.39 is 11.7 Å². The molecule has 2 aliphatic heterocycles. The van der Waals surface area contributed by atoms with Crippen molar-refractivity contribution in [2.45, 2.75) is 12.5 Å². The zero-order chi connectivity index (χ0) is 27.6. The number of carbonyl (C=O) groups excluding carboxylic acids is 2. The molecule has 0 saturated carbocycles. The number of halogens is 2. The summed E-state index contributed by atoms with van der Waals surface area (Å²) in [6, 6.07) is 18.4. The maximum Gasteiger partial charge on any atom is 0.256 e. The lowest BCUT2D eigenvalue weighted by molar-refractivity contribution is 0.0850. The summed E-state index contributed by atoms with van der Waals surface area (Å²) < 4.78 is 14.1. The van der Waals surface area contributed by atoms with Crippen molar-refractivity contribution in [3.63, 3.8) is 0 Å². The SMILES string of the molecule is O=C(Nc1ccc(C(=O)C2CC=CC3=CNC=C4CSCCN4C32)c(Cl)c1)c1cc(F)ccc1-c1ccccc1. The lowest BCUT2D eigenvalue weighted by Crippen LogP contribution is -2.47. The first kappa shape index (κ1) is 26.4. The zero-order valence-corrected chi connectivity index (χ0v) is 23.1. The largest absolute Gasteiger partial charge is 0.366 e. The van der Waals surface area contributed by atoms with Gasteiger partial charge in [-0.3, -0.25) is 9.59 Å². The van der Waals surface area contributed by atoms with Crippen molar-refractivity contribution >= 4 is 40.7 Å². The molecule has 0 bridgehead atoms. The third-order valence-electron chi connectivity index (χ3n) is 7.49. The van der Waals surface area contributed by atoms with Crippen molar-refractivity contribution in [1.29, 1.82) is 0 Å². The second-order valence-corrected chi connectivity index (χ2v) is 11.5. The van der Waals surface area contributed by atoms with E-state index in [4.69, 9.17) is 11.6 Å². The van der Waals surface area contributed by atoms with Gasteiger partial charge in [0.25, 0.3) is 5.91 Å². The predicted octanol–water partition coefficient (Wildman–Crippen LogP) is 6.90. The van der Waals surface area contributed by atoms with Crippen LogP contribution in [0.15, 0.2) is 103 Å². The highest BCUT2D eigenvalue weighted by Crippen LogP contribution is 2.37. The average Bonchev–Trinajstić information content (AvgIpc) is 3.17. The summed E-state index contributed by atoms with van der Waals surface area (Å²) in [5, 5.41) is 6.37. The van der Waals surface area contributed by atoms with Crippen molar-refractivity contribution in [2.24, 2.45) is 5.92 Å². The van der Waals surface area contributed by atoms with Crippen molar-refractivity contribution in [2.75, 3.05) is 23.4 Å². The molecule has 3 aliphatic rings. The molecule has 2 heterocycles. The summed E-state index contributed by atoms with van der Waals surface area (Å²) in [5.74, 6) is 0.631. The van der Waals surface area contributed by atoms with Crippen LogP contribution in [0.1, 0.15) is 27.1 Å². The van der Waals surface area contributed by atoms with Crippen molar-refractivity contribution in [3.05, 3.63) is 125 Å². The molecule has 8 heteroatoms. The zero-order valence-electron chi connectivity index (χ0n) is 21.6. The van der Waals surface area contributed by atoms with Crippen LogP contribution in [0.2, 0.25) is 5.02 Å². The molecule has 0 radical (unpaired) electrons. The Labute approximate surface area is 241 Å². The monoisotopic (exact) mass is 571 g/mol. The highest BCUT2D eigenvalue weighted by atomic mass is 35.5. The second kappa shape index (κ2) is 11.4. The number of hydrogen-bond acceptors (Lipinski definition) is 5. The number of hydrogen-bond donors (Lipinski definition) is 2. The first-order valence-corrected chi connectivity index (χ1v) is 14.7. The van der Waals surface area contributed by atoms with Crippen LogP contribution in [-0.2, 0) is 0 Å². The fraction of sp³-hybridized carbons (Fsp3) is 0.188. The highest BCUT2D eigenvalue weighted by Gasteiger charge is 2.39. The smallest absolute Gasteiger partial charge is 0.256 e. The van der Waals surface area contributed by atoms with Crippen molar-refractivity contribution in [3.8, 4) is 11.1 Å². The Morgan fingerprint density at radius 2 is 1.88 bits per heavy atom. The topological polar surface area (TPSA) is 61.4 Å². The van der Waals surface area contributed by atoms with Gasteiger partial charge in [0, 0.05) is 47.4 Å². The Bertz CT molecular complexity index is 1570. The molecule has 2 N–H and O–H groups in total. The number of ketones is 1. The summed E-state index contributed by atoms with van der Waals surface area (Å²) in [6.07, 6.45) is 8.76. The van der Waals surface area contributed by atoms with Gasteiger partial charge >= 0.3 is 0 Å². The van der Waals surface area contributed by atoms with Crippen LogP contribution >= 0.6 is 23.4 Å². The Balaban J connectivity index is 1.25. The van der Waals surface area contributed by atoms with Gasteiger partial charge in [-0.1, -0.05) is 60.2 Å². The molecule has 0 spiro atoms. The maximum atomic E-state index is 14.1. The molecule has 40 heavy (non-hydrogen) atoms. The van der Waals surface area contributed by atoms with E-state index in [0.717, 1.165) is 29.2 Å². The van der Waals surface area contributed by atoms with E-state index >= 15 is 0 Å². The minimum atomic E-state index is -0.502. The van der Waals surface area contributed by atoms with Gasteiger partial charge in [-0.2, -0.15) is 11.8 Å². The van der Waals surface area contributed by atoms with Crippen LogP contribution in [0.4, 0.5) is 10.1 Å². The second-order valence-electron chi connectivity index (χ2n) is 9.95. The van der Waals surface area contributed by atoms with Gasteiger partial charge in [0.2, 0.25) is 0 Å². The van der Waals surface area contributed by atoms with Crippen molar-refractivity contribution in [1.82, 2.24) is 10.2 Å². The first-order chi connectivity index (χ1) is 19.5. The van der Waals surface area contributed by atoms with E-state index in [9.17, 15) is 14.0 Å². The number of nitrogens with one attached hydrogen (secondary N) is 2. The molecule has 1 amide bonds. The third kappa shape index (κ3) is 5.19. The summed E-state index contributed by atoms with van der Waals surface area (Å²) in [6.45, 7) is 0.877. The van der Waals surface area contributed by atoms with Gasteiger partial charge in [0.15, 0.2) is 5.78 Å². The molecule has 6 rings (SSSR count). The molecule has 1 saturated heterocycles. The quantitative estimate of drug-likeness (QED) is 0.326. The summed E-state index contributed by atoms with van der Waals surface area (Å²) in [5.41, 5.74) is 4.75. The predicted molar refractivity (Wildman–Crippen MR) is 160 cm³/mol.